The highest BCUT2D eigenvalue weighted by Gasteiger charge is 2.11. The van der Waals surface area contributed by atoms with Crippen molar-refractivity contribution >= 4 is 17.9 Å². The molecule has 0 saturated heterocycles. The predicted molar refractivity (Wildman–Crippen MR) is 68.4 cm³/mol. The third-order valence-electron chi connectivity index (χ3n) is 2.09. The molecule has 1 N–H and O–H groups in total. The van der Waals surface area contributed by atoms with Crippen LogP contribution in [0.25, 0.3) is 0 Å². The van der Waals surface area contributed by atoms with E-state index >= 15 is 0 Å². The number of nitrogens with one attached hydrogen (secondary N) is 1. The van der Waals surface area contributed by atoms with Crippen molar-refractivity contribution in [2.24, 2.45) is 17.0 Å². The number of rotatable bonds is 2. The van der Waals surface area contributed by atoms with Crippen LogP contribution in [0.3, 0.4) is 0 Å². The van der Waals surface area contributed by atoms with Crippen molar-refractivity contribution < 1.29 is 0 Å². The topological polar surface area (TPSA) is 118 Å². The van der Waals surface area contributed by atoms with Gasteiger partial charge in [0, 0.05) is 13.3 Å². The lowest BCUT2D eigenvalue weighted by Gasteiger charge is -2.00. The maximum Gasteiger partial charge on any atom is 0.200 e. The first-order valence-electron chi connectivity index (χ1n) is 5.35. The lowest BCUT2D eigenvalue weighted by molar-refractivity contribution is 0.755. The Morgan fingerprint density at radius 1 is 1.26 bits per heavy atom. The Morgan fingerprint density at radius 3 is 2.58 bits per heavy atom. The third-order valence-corrected chi connectivity index (χ3v) is 2.09. The molecule has 2 aromatic rings. The Balaban J connectivity index is 2.38. The van der Waals surface area contributed by atoms with Gasteiger partial charge in [-0.15, -0.1) is 0 Å². The van der Waals surface area contributed by atoms with Gasteiger partial charge >= 0.3 is 0 Å². The van der Waals surface area contributed by atoms with Crippen LogP contribution in [0.5, 0.6) is 0 Å². The smallest absolute Gasteiger partial charge is 0.200 e. The average Bonchev–Trinajstić information content (AvgIpc) is 2.85. The van der Waals surface area contributed by atoms with Crippen molar-refractivity contribution in [3.63, 3.8) is 0 Å². The van der Waals surface area contributed by atoms with Crippen LogP contribution in [0.1, 0.15) is 18.6 Å². The fourth-order valence-electron chi connectivity index (χ4n) is 1.28. The first kappa shape index (κ1) is 12.6. The van der Waals surface area contributed by atoms with Crippen molar-refractivity contribution in [1.29, 1.82) is 5.41 Å². The Kier molecular flexibility index (Phi) is 3.76. The van der Waals surface area contributed by atoms with Crippen LogP contribution in [0, 0.1) is 5.41 Å². The monoisotopic (exact) mass is 257 g/mol. The molecule has 0 atom stereocenters. The van der Waals surface area contributed by atoms with E-state index in [1.807, 2.05) is 0 Å². The Morgan fingerprint density at radius 2 is 2.00 bits per heavy atom. The molecule has 0 amide bonds. The fraction of sp³-hybridized carbons (Fsp3) is 0.200. The average molecular weight is 257 g/mol. The van der Waals surface area contributed by atoms with Gasteiger partial charge < -0.3 is 0 Å². The summed E-state index contributed by atoms with van der Waals surface area (Å²) in [5, 5.41) is 11.8. The van der Waals surface area contributed by atoms with E-state index in [1.54, 1.807) is 20.2 Å². The molecule has 9 nitrogen and oxygen atoms in total. The second-order valence-electron chi connectivity index (χ2n) is 3.34. The Labute approximate surface area is 108 Å². The maximum atomic E-state index is 7.89. The van der Waals surface area contributed by atoms with Gasteiger partial charge in [-0.3, -0.25) is 5.41 Å². The zero-order valence-corrected chi connectivity index (χ0v) is 10.4. The van der Waals surface area contributed by atoms with E-state index in [-0.39, 0.29) is 11.7 Å². The quantitative estimate of drug-likeness (QED) is 0.593. The summed E-state index contributed by atoms with van der Waals surface area (Å²) in [6.45, 7) is 1.74. The van der Waals surface area contributed by atoms with Gasteiger partial charge in [-0.1, -0.05) is 0 Å². The lowest BCUT2D eigenvalue weighted by Crippen LogP contribution is -2.11. The summed E-state index contributed by atoms with van der Waals surface area (Å²) in [5.74, 6) is 0.775. The first-order valence-corrected chi connectivity index (χ1v) is 5.35. The Hall–Kier alpha value is -2.84. The van der Waals surface area contributed by atoms with E-state index in [1.165, 1.54) is 23.7 Å². The zero-order chi connectivity index (χ0) is 13.7. The second-order valence-corrected chi connectivity index (χ2v) is 3.34. The minimum atomic E-state index is -0.0685. The number of aromatic nitrogens is 6. The van der Waals surface area contributed by atoms with Crippen LogP contribution in [0.2, 0.25) is 0 Å². The molecule has 2 rings (SSSR count). The summed E-state index contributed by atoms with van der Waals surface area (Å²) in [6, 6.07) is 0. The minimum absolute atomic E-state index is 0.0685. The van der Waals surface area contributed by atoms with Gasteiger partial charge in [-0.2, -0.15) is 5.10 Å². The van der Waals surface area contributed by atoms with Gasteiger partial charge in [0.15, 0.2) is 17.5 Å². The number of nitrogens with zero attached hydrogens (tertiary/aromatic N) is 8. The minimum Gasteiger partial charge on any atom is -0.280 e. The molecule has 0 aromatic carbocycles. The van der Waals surface area contributed by atoms with Crippen molar-refractivity contribution in [2.75, 3.05) is 0 Å². The SMILES string of the molecule is CC=NC(=NC(=N)c1ncnn1C)c1ncncn1. The van der Waals surface area contributed by atoms with Crippen LogP contribution in [0.15, 0.2) is 29.0 Å². The molecule has 0 unspecified atom stereocenters. The Bertz CT molecular complexity index is 625. The van der Waals surface area contributed by atoms with Crippen molar-refractivity contribution in [1.82, 2.24) is 29.7 Å². The number of amidine groups is 2. The molecule has 96 valence electrons. The molecule has 0 spiro atoms. The lowest BCUT2D eigenvalue weighted by atomic mass is 10.5. The number of hydrogen-bond donors (Lipinski definition) is 1. The molecule has 19 heavy (non-hydrogen) atoms. The molecule has 0 aliphatic rings. The summed E-state index contributed by atoms with van der Waals surface area (Å²) < 4.78 is 1.45. The van der Waals surface area contributed by atoms with Gasteiger partial charge in [0.1, 0.15) is 19.0 Å². The molecule has 0 aliphatic carbocycles. The molecule has 2 aromatic heterocycles. The summed E-state index contributed by atoms with van der Waals surface area (Å²) in [7, 11) is 1.68. The van der Waals surface area contributed by atoms with E-state index in [0.29, 0.717) is 11.6 Å². The molecule has 9 heteroatoms. The normalized spacial score (nSPS) is 12.0. The van der Waals surface area contributed by atoms with E-state index in [4.69, 9.17) is 5.41 Å². The molecule has 0 bridgehead atoms. The summed E-state index contributed by atoms with van der Waals surface area (Å²) >= 11 is 0. The fourth-order valence-corrected chi connectivity index (χ4v) is 1.28. The molecule has 0 aliphatic heterocycles. The molecular weight excluding hydrogens is 246 g/mol. The molecule has 0 radical (unpaired) electrons. The second kappa shape index (κ2) is 5.67. The number of aryl methyl sites for hydroxylation is 1. The van der Waals surface area contributed by atoms with E-state index in [0.717, 1.165) is 0 Å². The molecule has 0 fully saturated rings. The highest BCUT2D eigenvalue weighted by molar-refractivity contribution is 6.09. The van der Waals surface area contributed by atoms with Gasteiger partial charge in [0.25, 0.3) is 0 Å². The number of aliphatic imine (C=N–C) groups is 2. The molecule has 0 saturated carbocycles. The van der Waals surface area contributed by atoms with Crippen molar-refractivity contribution in [2.45, 2.75) is 6.92 Å². The summed E-state index contributed by atoms with van der Waals surface area (Å²) in [6.07, 6.45) is 5.58. The van der Waals surface area contributed by atoms with Crippen LogP contribution in [-0.2, 0) is 7.05 Å². The van der Waals surface area contributed by atoms with E-state index in [2.05, 4.69) is 35.0 Å². The highest BCUT2D eigenvalue weighted by Crippen LogP contribution is 1.99. The maximum absolute atomic E-state index is 7.89. The van der Waals surface area contributed by atoms with Gasteiger partial charge in [0.2, 0.25) is 5.82 Å². The standard InChI is InChI=1S/C10H11N9/c1-3-13-9(8-14-4-12-5-15-8)18-7(11)10-16-6-17-19(10)2/h3-6,11H,1-2H3. The molecular formula is C10H11N9. The van der Waals surface area contributed by atoms with Crippen LogP contribution in [0.4, 0.5) is 0 Å². The number of hydrogen-bond acceptors (Lipinski definition) is 6. The molecule has 2 heterocycles. The zero-order valence-electron chi connectivity index (χ0n) is 10.4. The third kappa shape index (κ3) is 2.89. The van der Waals surface area contributed by atoms with Gasteiger partial charge in [0.05, 0.1) is 0 Å². The van der Waals surface area contributed by atoms with Gasteiger partial charge in [-0.05, 0) is 6.92 Å². The van der Waals surface area contributed by atoms with Crippen LogP contribution >= 0.6 is 0 Å². The van der Waals surface area contributed by atoms with Crippen LogP contribution in [-0.4, -0.2) is 47.6 Å². The van der Waals surface area contributed by atoms with E-state index in [9.17, 15) is 0 Å². The highest BCUT2D eigenvalue weighted by atomic mass is 15.3. The van der Waals surface area contributed by atoms with Crippen LogP contribution < -0.4 is 0 Å². The first-order chi connectivity index (χ1) is 9.22. The largest absolute Gasteiger partial charge is 0.280 e. The van der Waals surface area contributed by atoms with E-state index < -0.39 is 0 Å². The van der Waals surface area contributed by atoms with Gasteiger partial charge in [-0.25, -0.2) is 34.6 Å². The summed E-state index contributed by atoms with van der Waals surface area (Å²) in [5.41, 5.74) is 0. The predicted octanol–water partition coefficient (Wildman–Crippen LogP) is -0.137. The van der Waals surface area contributed by atoms with Crippen molar-refractivity contribution in [3.05, 3.63) is 30.6 Å². The van der Waals surface area contributed by atoms with Crippen molar-refractivity contribution in [3.8, 4) is 0 Å². The summed E-state index contributed by atoms with van der Waals surface area (Å²) in [4.78, 5) is 23.7.